The quantitative estimate of drug-likeness (QED) is 0.569. The van der Waals surface area contributed by atoms with Crippen molar-refractivity contribution < 1.29 is 19.4 Å². The molecule has 0 spiro atoms. The highest BCUT2D eigenvalue weighted by atomic mass is 16.5. The largest absolute Gasteiger partial charge is 0.504 e. The number of ketones is 1. The van der Waals surface area contributed by atoms with E-state index in [0.29, 0.717) is 28.5 Å². The maximum absolute atomic E-state index is 11.7. The van der Waals surface area contributed by atoms with E-state index in [-0.39, 0.29) is 5.56 Å². The molecule has 2 aromatic heterocycles. The number of carbonyl (C=O) groups is 2. The zero-order chi connectivity index (χ0) is 16.3. The second-order valence-corrected chi connectivity index (χ2v) is 4.52. The number of hydrogen-bond donors (Lipinski definition) is 2. The van der Waals surface area contributed by atoms with Crippen LogP contribution in [-0.2, 0) is 16.0 Å². The van der Waals surface area contributed by atoms with Gasteiger partial charge in [-0.25, -0.2) is 14.5 Å². The lowest BCUT2D eigenvalue weighted by molar-refractivity contribution is -0.131. The number of ether oxygens (including phenoxy) is 1. The highest BCUT2D eigenvalue weighted by Gasteiger charge is 2.18. The Balaban J connectivity index is 2.70. The summed E-state index contributed by atoms with van der Waals surface area (Å²) in [4.78, 5) is 29.7. The number of nitrogens with one attached hydrogen (secondary N) is 1. The number of hydrogen-bond acceptors (Lipinski definition) is 5. The summed E-state index contributed by atoms with van der Waals surface area (Å²) in [6, 6.07) is 0. The molecule has 0 amide bonds. The molecule has 0 fully saturated rings. The minimum absolute atomic E-state index is 0.0273. The van der Waals surface area contributed by atoms with E-state index >= 15 is 0 Å². The van der Waals surface area contributed by atoms with Crippen molar-refractivity contribution in [3.8, 4) is 0 Å². The van der Waals surface area contributed by atoms with Crippen molar-refractivity contribution in [1.82, 2.24) is 19.7 Å². The first kappa shape index (κ1) is 15.5. The summed E-state index contributed by atoms with van der Waals surface area (Å²) < 4.78 is 6.52. The van der Waals surface area contributed by atoms with Gasteiger partial charge < -0.3 is 14.8 Å². The van der Waals surface area contributed by atoms with Crippen LogP contribution in [0.5, 0.6) is 0 Å². The standard InChI is InChI=1S/C14H16N4O4/c1-4-11-16-7-18(17-11)8(2)12-10(6-22-3)9(5-15-12)13(19)14(20)21/h5-7,15H,4H2,1-3H3,(H,20,21)/b10-6+,12-8-. The van der Waals surface area contributed by atoms with Gasteiger partial charge in [0.25, 0.3) is 5.78 Å². The third kappa shape index (κ3) is 2.76. The Hall–Kier alpha value is -2.90. The van der Waals surface area contributed by atoms with Crippen molar-refractivity contribution >= 4 is 23.7 Å². The lowest BCUT2D eigenvalue weighted by atomic mass is 10.2. The first-order valence-electron chi connectivity index (χ1n) is 6.59. The van der Waals surface area contributed by atoms with Crippen LogP contribution in [0.25, 0.3) is 12.0 Å². The van der Waals surface area contributed by atoms with Crippen molar-refractivity contribution in [2.24, 2.45) is 0 Å². The van der Waals surface area contributed by atoms with Crippen LogP contribution in [0.1, 0.15) is 30.0 Å². The van der Waals surface area contributed by atoms with E-state index in [9.17, 15) is 9.59 Å². The number of methoxy groups -OCH3 is 1. The average Bonchev–Trinajstić information content (AvgIpc) is 3.13. The third-order valence-electron chi connectivity index (χ3n) is 3.16. The fourth-order valence-corrected chi connectivity index (χ4v) is 2.01. The molecule has 0 aliphatic carbocycles. The molecule has 2 heterocycles. The monoisotopic (exact) mass is 304 g/mol. The summed E-state index contributed by atoms with van der Waals surface area (Å²) in [5.41, 5.74) is 0.694. The van der Waals surface area contributed by atoms with Crippen LogP contribution in [0.15, 0.2) is 12.5 Å². The minimum Gasteiger partial charge on any atom is -0.504 e. The van der Waals surface area contributed by atoms with Gasteiger partial charge in [-0.3, -0.25) is 4.79 Å². The Labute approximate surface area is 125 Å². The normalized spacial score (nSPS) is 13.1. The van der Waals surface area contributed by atoms with Crippen LogP contribution in [0.3, 0.4) is 0 Å². The maximum Gasteiger partial charge on any atom is 0.377 e. The number of aromatic nitrogens is 4. The Bertz CT molecular complexity index is 831. The summed E-state index contributed by atoms with van der Waals surface area (Å²) in [7, 11) is 1.42. The minimum atomic E-state index is -1.53. The summed E-state index contributed by atoms with van der Waals surface area (Å²) in [5, 5.41) is 14.1. The summed E-state index contributed by atoms with van der Waals surface area (Å²) in [6.45, 7) is 3.72. The molecule has 0 unspecified atom stereocenters. The van der Waals surface area contributed by atoms with Crippen LogP contribution in [0, 0.1) is 0 Å². The van der Waals surface area contributed by atoms with Gasteiger partial charge in [0.15, 0.2) is 5.82 Å². The number of nitrogens with zero attached hydrogens (tertiary/aromatic N) is 3. The van der Waals surface area contributed by atoms with Gasteiger partial charge in [0.1, 0.15) is 6.33 Å². The molecular weight excluding hydrogens is 288 g/mol. The Kier molecular flexibility index (Phi) is 4.40. The lowest BCUT2D eigenvalue weighted by Crippen LogP contribution is -2.32. The maximum atomic E-state index is 11.7. The Morgan fingerprint density at radius 2 is 2.23 bits per heavy atom. The van der Waals surface area contributed by atoms with Gasteiger partial charge in [-0.2, -0.15) is 5.10 Å². The van der Waals surface area contributed by atoms with E-state index in [1.807, 2.05) is 6.92 Å². The van der Waals surface area contributed by atoms with Gasteiger partial charge in [-0.15, -0.1) is 0 Å². The number of Topliss-reactive ketones (excluding diaryl/α,β-unsaturated/α-hetero) is 1. The van der Waals surface area contributed by atoms with Crippen molar-refractivity contribution in [2.75, 3.05) is 7.11 Å². The van der Waals surface area contributed by atoms with Crippen LogP contribution in [0.4, 0.5) is 0 Å². The summed E-state index contributed by atoms with van der Waals surface area (Å²) in [6.07, 6.45) is 4.93. The van der Waals surface area contributed by atoms with Crippen LogP contribution in [-0.4, -0.2) is 43.7 Å². The molecule has 2 aromatic rings. The molecule has 2 rings (SSSR count). The average molecular weight is 304 g/mol. The zero-order valence-corrected chi connectivity index (χ0v) is 12.5. The number of carbonyl (C=O) groups excluding carboxylic acids is 1. The molecule has 0 aliphatic rings. The number of aromatic amines is 1. The van der Waals surface area contributed by atoms with Gasteiger partial charge in [-0.1, -0.05) is 6.92 Å². The van der Waals surface area contributed by atoms with Crippen molar-refractivity contribution in [1.29, 1.82) is 0 Å². The smallest absolute Gasteiger partial charge is 0.377 e. The molecule has 0 saturated heterocycles. The van der Waals surface area contributed by atoms with E-state index in [0.717, 1.165) is 0 Å². The fourth-order valence-electron chi connectivity index (χ4n) is 2.01. The zero-order valence-electron chi connectivity index (χ0n) is 12.5. The Morgan fingerprint density at radius 1 is 1.50 bits per heavy atom. The second-order valence-electron chi connectivity index (χ2n) is 4.52. The van der Waals surface area contributed by atoms with Crippen molar-refractivity contribution in [2.45, 2.75) is 20.3 Å². The van der Waals surface area contributed by atoms with Gasteiger partial charge >= 0.3 is 5.97 Å². The number of H-pyrrole nitrogens is 1. The van der Waals surface area contributed by atoms with E-state index < -0.39 is 11.8 Å². The molecule has 0 aromatic carbocycles. The molecule has 0 saturated carbocycles. The predicted molar refractivity (Wildman–Crippen MR) is 77.4 cm³/mol. The molecule has 8 heteroatoms. The molecule has 0 atom stereocenters. The van der Waals surface area contributed by atoms with Gasteiger partial charge in [-0.05, 0) is 6.92 Å². The van der Waals surface area contributed by atoms with E-state index in [1.165, 1.54) is 19.6 Å². The van der Waals surface area contributed by atoms with Gasteiger partial charge in [0.2, 0.25) is 0 Å². The SMILES string of the molecule is CCc1ncn(/C(C)=c2\[nH]cc(C(=O)C(=O)O)\c2=C/OC)n1. The number of carboxylic acid groups (broad SMARTS) is 1. The van der Waals surface area contributed by atoms with Crippen LogP contribution in [0.2, 0.25) is 0 Å². The number of aryl methyl sites for hydroxylation is 1. The second kappa shape index (κ2) is 6.25. The predicted octanol–water partition coefficient (Wildman–Crippen LogP) is -0.503. The number of carboxylic acids is 1. The van der Waals surface area contributed by atoms with Crippen molar-refractivity contribution in [3.63, 3.8) is 0 Å². The molecule has 8 nitrogen and oxygen atoms in total. The summed E-state index contributed by atoms with van der Waals surface area (Å²) in [5.74, 6) is -1.85. The molecule has 2 N–H and O–H groups in total. The highest BCUT2D eigenvalue weighted by molar-refractivity contribution is 6.39. The fraction of sp³-hybridized carbons (Fsp3) is 0.286. The van der Waals surface area contributed by atoms with Crippen molar-refractivity contribution in [3.05, 3.63) is 34.5 Å². The highest BCUT2D eigenvalue weighted by Crippen LogP contribution is 1.98. The molecular formula is C14H16N4O4. The summed E-state index contributed by atoms with van der Waals surface area (Å²) >= 11 is 0. The molecule has 0 radical (unpaired) electrons. The topological polar surface area (TPSA) is 110 Å². The number of aliphatic carboxylic acids is 1. The number of rotatable bonds is 5. The van der Waals surface area contributed by atoms with Crippen LogP contribution < -0.4 is 10.6 Å². The first-order chi connectivity index (χ1) is 10.5. The molecule has 0 aliphatic heterocycles. The van der Waals surface area contributed by atoms with Gasteiger partial charge in [0.05, 0.1) is 30.0 Å². The van der Waals surface area contributed by atoms with Crippen LogP contribution >= 0.6 is 0 Å². The van der Waals surface area contributed by atoms with E-state index in [4.69, 9.17) is 9.84 Å². The van der Waals surface area contributed by atoms with E-state index in [2.05, 4.69) is 15.1 Å². The van der Waals surface area contributed by atoms with Gasteiger partial charge in [0, 0.05) is 17.8 Å². The molecule has 116 valence electrons. The third-order valence-corrected chi connectivity index (χ3v) is 3.16. The molecule has 0 bridgehead atoms. The first-order valence-corrected chi connectivity index (χ1v) is 6.59. The lowest BCUT2D eigenvalue weighted by Gasteiger charge is -1.98. The Morgan fingerprint density at radius 3 is 2.77 bits per heavy atom. The molecule has 22 heavy (non-hydrogen) atoms. The van der Waals surface area contributed by atoms with E-state index in [1.54, 1.807) is 17.9 Å².